The van der Waals surface area contributed by atoms with E-state index in [0.29, 0.717) is 0 Å². The fraction of sp³-hybridized carbons (Fsp3) is 0.579. The topological polar surface area (TPSA) is 12.0 Å². The van der Waals surface area contributed by atoms with Crippen molar-refractivity contribution < 1.29 is 0 Å². The molecule has 0 heterocycles. The van der Waals surface area contributed by atoms with Gasteiger partial charge in [-0.2, -0.15) is 0 Å². The normalized spacial score (nSPS) is 16.1. The van der Waals surface area contributed by atoms with Crippen molar-refractivity contribution >= 4 is 5.69 Å². The van der Waals surface area contributed by atoms with Crippen molar-refractivity contribution in [1.29, 1.82) is 0 Å². The minimum absolute atomic E-state index is 0.853. The summed E-state index contributed by atoms with van der Waals surface area (Å²) in [7, 11) is 0. The fourth-order valence-corrected chi connectivity index (χ4v) is 3.21. The zero-order valence-corrected chi connectivity index (χ0v) is 13.0. The number of rotatable bonds is 7. The molecule has 0 amide bonds. The van der Waals surface area contributed by atoms with Gasteiger partial charge in [-0.05, 0) is 36.8 Å². The SMILES string of the molecule is C=C(CC1CCCCC1)Nc1ccccc1CCCC. The van der Waals surface area contributed by atoms with Gasteiger partial charge >= 0.3 is 0 Å². The van der Waals surface area contributed by atoms with E-state index < -0.39 is 0 Å². The lowest BCUT2D eigenvalue weighted by molar-refractivity contribution is 0.357. The van der Waals surface area contributed by atoms with Gasteiger partial charge in [-0.15, -0.1) is 0 Å². The smallest absolute Gasteiger partial charge is 0.0414 e. The number of aryl methyl sites for hydroxylation is 1. The van der Waals surface area contributed by atoms with Gasteiger partial charge in [0.15, 0.2) is 0 Å². The summed E-state index contributed by atoms with van der Waals surface area (Å²) in [5, 5.41) is 3.57. The summed E-state index contributed by atoms with van der Waals surface area (Å²) in [6.07, 6.45) is 11.8. The minimum Gasteiger partial charge on any atom is -0.359 e. The summed E-state index contributed by atoms with van der Waals surface area (Å²) in [6.45, 7) is 6.50. The number of benzene rings is 1. The number of allylic oxidation sites excluding steroid dienone is 1. The Hall–Kier alpha value is -1.24. The largest absolute Gasteiger partial charge is 0.359 e. The van der Waals surface area contributed by atoms with E-state index in [-0.39, 0.29) is 0 Å². The lowest BCUT2D eigenvalue weighted by Crippen LogP contribution is -2.11. The first-order valence-electron chi connectivity index (χ1n) is 8.32. The Balaban J connectivity index is 1.89. The molecule has 1 aliphatic rings. The molecule has 0 aliphatic heterocycles. The molecule has 1 saturated carbocycles. The maximum Gasteiger partial charge on any atom is 0.0414 e. The van der Waals surface area contributed by atoms with Gasteiger partial charge in [0.1, 0.15) is 0 Å². The van der Waals surface area contributed by atoms with Gasteiger partial charge in [0.05, 0.1) is 0 Å². The number of para-hydroxylation sites is 1. The summed E-state index contributed by atoms with van der Waals surface area (Å²) in [4.78, 5) is 0. The van der Waals surface area contributed by atoms with E-state index in [1.165, 1.54) is 61.9 Å². The van der Waals surface area contributed by atoms with E-state index in [1.54, 1.807) is 0 Å². The fourth-order valence-electron chi connectivity index (χ4n) is 3.21. The average molecular weight is 271 g/mol. The Morgan fingerprint density at radius 3 is 2.70 bits per heavy atom. The van der Waals surface area contributed by atoms with E-state index in [1.807, 2.05) is 0 Å². The van der Waals surface area contributed by atoms with Crippen molar-refractivity contribution in [3.05, 3.63) is 42.1 Å². The van der Waals surface area contributed by atoms with E-state index in [2.05, 4.69) is 43.1 Å². The van der Waals surface area contributed by atoms with E-state index in [9.17, 15) is 0 Å². The quantitative estimate of drug-likeness (QED) is 0.648. The molecule has 0 aromatic heterocycles. The minimum atomic E-state index is 0.853. The molecule has 1 nitrogen and oxygen atoms in total. The van der Waals surface area contributed by atoms with E-state index in [4.69, 9.17) is 0 Å². The van der Waals surface area contributed by atoms with Gasteiger partial charge in [0.25, 0.3) is 0 Å². The average Bonchev–Trinajstić information content (AvgIpc) is 2.47. The first-order valence-corrected chi connectivity index (χ1v) is 8.32. The third-order valence-corrected chi connectivity index (χ3v) is 4.39. The summed E-state index contributed by atoms with van der Waals surface area (Å²) >= 11 is 0. The van der Waals surface area contributed by atoms with Crippen molar-refractivity contribution in [3.8, 4) is 0 Å². The summed E-state index contributed by atoms with van der Waals surface area (Å²) in [5.74, 6) is 0.853. The Bertz CT molecular complexity index is 416. The van der Waals surface area contributed by atoms with Crippen LogP contribution in [0.4, 0.5) is 5.69 Å². The third kappa shape index (κ3) is 4.70. The molecule has 20 heavy (non-hydrogen) atoms. The number of hydrogen-bond donors (Lipinski definition) is 1. The van der Waals surface area contributed by atoms with E-state index >= 15 is 0 Å². The van der Waals surface area contributed by atoms with Crippen LogP contribution in [0.5, 0.6) is 0 Å². The summed E-state index contributed by atoms with van der Waals surface area (Å²) < 4.78 is 0. The first-order chi connectivity index (χ1) is 9.79. The molecule has 1 N–H and O–H groups in total. The lowest BCUT2D eigenvalue weighted by atomic mass is 9.86. The highest BCUT2D eigenvalue weighted by molar-refractivity contribution is 5.54. The molecular formula is C19H29N. The predicted octanol–water partition coefficient (Wildman–Crippen LogP) is 5.93. The maximum absolute atomic E-state index is 4.25. The molecule has 0 saturated heterocycles. The van der Waals surface area contributed by atoms with Crippen LogP contribution in [-0.4, -0.2) is 0 Å². The van der Waals surface area contributed by atoms with Crippen LogP contribution in [0, 0.1) is 5.92 Å². The van der Waals surface area contributed by atoms with Gasteiger partial charge in [-0.25, -0.2) is 0 Å². The second kappa shape index (κ2) is 8.14. The monoisotopic (exact) mass is 271 g/mol. The van der Waals surface area contributed by atoms with Crippen molar-refractivity contribution in [1.82, 2.24) is 0 Å². The summed E-state index contributed by atoms with van der Waals surface area (Å²) in [5.41, 5.74) is 3.89. The molecule has 1 aromatic rings. The van der Waals surface area contributed by atoms with Crippen LogP contribution in [0.2, 0.25) is 0 Å². The van der Waals surface area contributed by atoms with Gasteiger partial charge in [-0.3, -0.25) is 0 Å². The molecule has 1 heteroatoms. The summed E-state index contributed by atoms with van der Waals surface area (Å²) in [6, 6.07) is 8.69. The molecular weight excluding hydrogens is 242 g/mol. The van der Waals surface area contributed by atoms with Crippen LogP contribution < -0.4 is 5.32 Å². The molecule has 0 atom stereocenters. The van der Waals surface area contributed by atoms with Crippen LogP contribution in [0.25, 0.3) is 0 Å². The highest BCUT2D eigenvalue weighted by Gasteiger charge is 2.14. The van der Waals surface area contributed by atoms with Crippen molar-refractivity contribution in [2.45, 2.75) is 64.7 Å². The number of anilines is 1. The lowest BCUT2D eigenvalue weighted by Gasteiger charge is -2.23. The molecule has 1 aliphatic carbocycles. The van der Waals surface area contributed by atoms with Crippen LogP contribution in [0.3, 0.4) is 0 Å². The van der Waals surface area contributed by atoms with Crippen LogP contribution in [0.15, 0.2) is 36.5 Å². The molecule has 1 aromatic carbocycles. The highest BCUT2D eigenvalue weighted by atomic mass is 14.9. The molecule has 0 radical (unpaired) electrons. The zero-order chi connectivity index (χ0) is 14.2. The van der Waals surface area contributed by atoms with Crippen LogP contribution in [0.1, 0.15) is 63.9 Å². The molecule has 110 valence electrons. The highest BCUT2D eigenvalue weighted by Crippen LogP contribution is 2.29. The number of hydrogen-bond acceptors (Lipinski definition) is 1. The molecule has 0 bridgehead atoms. The molecule has 1 fully saturated rings. The Morgan fingerprint density at radius 1 is 1.20 bits per heavy atom. The van der Waals surface area contributed by atoms with Crippen molar-refractivity contribution in [2.75, 3.05) is 5.32 Å². The Morgan fingerprint density at radius 2 is 1.95 bits per heavy atom. The Kier molecular flexibility index (Phi) is 6.17. The second-order valence-electron chi connectivity index (χ2n) is 6.20. The van der Waals surface area contributed by atoms with Crippen molar-refractivity contribution in [2.24, 2.45) is 5.92 Å². The molecule has 0 unspecified atom stereocenters. The standard InChI is InChI=1S/C19H29N/c1-3-4-12-18-13-8-9-14-19(18)20-16(2)15-17-10-6-5-7-11-17/h8-9,13-14,17,20H,2-7,10-12,15H2,1H3. The molecule has 0 spiro atoms. The third-order valence-electron chi connectivity index (χ3n) is 4.39. The molecule has 2 rings (SSSR count). The van der Waals surface area contributed by atoms with E-state index in [0.717, 1.165) is 18.8 Å². The maximum atomic E-state index is 4.25. The zero-order valence-electron chi connectivity index (χ0n) is 13.0. The first kappa shape index (κ1) is 15.2. The predicted molar refractivity (Wildman–Crippen MR) is 89.0 cm³/mol. The number of unbranched alkanes of at least 4 members (excludes halogenated alkanes) is 1. The van der Waals surface area contributed by atoms with Crippen LogP contribution >= 0.6 is 0 Å². The van der Waals surface area contributed by atoms with Gasteiger partial charge < -0.3 is 5.32 Å². The van der Waals surface area contributed by atoms with Crippen molar-refractivity contribution in [3.63, 3.8) is 0 Å². The Labute approximate surface area is 124 Å². The van der Waals surface area contributed by atoms with Gasteiger partial charge in [-0.1, -0.05) is 70.2 Å². The second-order valence-corrected chi connectivity index (χ2v) is 6.20. The number of nitrogens with one attached hydrogen (secondary N) is 1. The van der Waals surface area contributed by atoms with Crippen LogP contribution in [-0.2, 0) is 6.42 Å². The van der Waals surface area contributed by atoms with Gasteiger partial charge in [0.2, 0.25) is 0 Å². The van der Waals surface area contributed by atoms with Gasteiger partial charge in [0, 0.05) is 11.4 Å².